The van der Waals surface area contributed by atoms with Crippen LogP contribution in [0.3, 0.4) is 0 Å². The fourth-order valence-corrected chi connectivity index (χ4v) is 5.80. The monoisotopic (exact) mass is 395 g/mol. The Kier molecular flexibility index (Phi) is 6.55. The number of nitrogens with zero attached hydrogens (tertiary/aromatic N) is 1. The summed E-state index contributed by atoms with van der Waals surface area (Å²) in [6, 6.07) is 6.63. The number of nitrogens with one attached hydrogen (secondary N) is 1. The normalized spacial score (nSPS) is 25.3. The Morgan fingerprint density at radius 1 is 1.19 bits per heavy atom. The average molecular weight is 396 g/mol. The van der Waals surface area contributed by atoms with Crippen molar-refractivity contribution in [3.05, 3.63) is 29.8 Å². The number of hydrogen-bond acceptors (Lipinski definition) is 4. The van der Waals surface area contributed by atoms with Crippen LogP contribution in [-0.2, 0) is 14.8 Å². The maximum atomic E-state index is 12.9. The standard InChI is InChI=1S/C20H30N2O4S/c1-3-26-20(23)17-6-8-19(9-7-17)27(24,25)22-13-10-18(11-14-22)21-12-4-5-16(2)15-21/h6-9,16,18H,3-5,10-15H2,1-2H3/p+1/t16-/m0/s1. The minimum atomic E-state index is -3.51. The fraction of sp³-hybridized carbons (Fsp3) is 0.650. The van der Waals surface area contributed by atoms with Crippen molar-refractivity contribution >= 4 is 16.0 Å². The summed E-state index contributed by atoms with van der Waals surface area (Å²) in [6.07, 6.45) is 4.44. The first-order valence-corrected chi connectivity index (χ1v) is 11.5. The summed E-state index contributed by atoms with van der Waals surface area (Å²) >= 11 is 0. The van der Waals surface area contributed by atoms with E-state index in [1.807, 2.05) is 0 Å². The van der Waals surface area contributed by atoms with E-state index in [-0.39, 0.29) is 4.90 Å². The van der Waals surface area contributed by atoms with Crippen LogP contribution in [0, 0.1) is 5.92 Å². The molecule has 0 bridgehead atoms. The highest BCUT2D eigenvalue weighted by Gasteiger charge is 2.35. The molecule has 6 nitrogen and oxygen atoms in total. The number of quaternary nitrogens is 1. The van der Waals surface area contributed by atoms with Crippen molar-refractivity contribution in [1.29, 1.82) is 0 Å². The van der Waals surface area contributed by atoms with Gasteiger partial charge in [-0.3, -0.25) is 0 Å². The molecule has 0 spiro atoms. The molecule has 7 heteroatoms. The zero-order valence-corrected chi connectivity index (χ0v) is 17.1. The summed E-state index contributed by atoms with van der Waals surface area (Å²) in [7, 11) is -3.51. The summed E-state index contributed by atoms with van der Waals surface area (Å²) in [5, 5.41) is 0. The highest BCUT2D eigenvalue weighted by atomic mass is 32.2. The predicted octanol–water partition coefficient (Wildman–Crippen LogP) is 1.33. The van der Waals surface area contributed by atoms with Crippen LogP contribution in [0.4, 0.5) is 0 Å². The molecule has 2 aliphatic rings. The van der Waals surface area contributed by atoms with Gasteiger partial charge in [0, 0.05) is 31.8 Å². The summed E-state index contributed by atoms with van der Waals surface area (Å²) in [4.78, 5) is 13.6. The Balaban J connectivity index is 1.62. The van der Waals surface area contributed by atoms with Crippen molar-refractivity contribution in [2.24, 2.45) is 5.92 Å². The molecule has 1 aromatic rings. The first-order chi connectivity index (χ1) is 12.9. The molecule has 1 unspecified atom stereocenters. The van der Waals surface area contributed by atoms with Gasteiger partial charge in [-0.15, -0.1) is 0 Å². The van der Waals surface area contributed by atoms with E-state index in [4.69, 9.17) is 4.74 Å². The summed E-state index contributed by atoms with van der Waals surface area (Å²) < 4.78 is 32.4. The van der Waals surface area contributed by atoms with Crippen molar-refractivity contribution in [1.82, 2.24) is 4.31 Å². The van der Waals surface area contributed by atoms with Gasteiger partial charge in [-0.1, -0.05) is 6.92 Å². The van der Waals surface area contributed by atoms with E-state index in [0.717, 1.165) is 18.8 Å². The molecule has 1 N–H and O–H groups in total. The number of likely N-dealkylation sites (tertiary alicyclic amines) is 1. The van der Waals surface area contributed by atoms with Crippen molar-refractivity contribution in [2.45, 2.75) is 50.5 Å². The number of hydrogen-bond donors (Lipinski definition) is 1. The molecule has 2 heterocycles. The number of ether oxygens (including phenoxy) is 1. The van der Waals surface area contributed by atoms with Crippen LogP contribution in [0.15, 0.2) is 29.2 Å². The average Bonchev–Trinajstić information content (AvgIpc) is 2.68. The Labute approximate surface area is 162 Å². The molecule has 0 aliphatic carbocycles. The summed E-state index contributed by atoms with van der Waals surface area (Å²) in [5.74, 6) is 0.342. The zero-order chi connectivity index (χ0) is 19.4. The van der Waals surface area contributed by atoms with Crippen molar-refractivity contribution in [3.63, 3.8) is 0 Å². The van der Waals surface area contributed by atoms with Crippen molar-refractivity contribution in [2.75, 3.05) is 32.8 Å². The van der Waals surface area contributed by atoms with Crippen LogP contribution < -0.4 is 4.90 Å². The molecule has 2 aliphatic heterocycles. The Morgan fingerprint density at radius 3 is 2.44 bits per heavy atom. The van der Waals surface area contributed by atoms with Crippen LogP contribution in [-0.4, -0.2) is 57.5 Å². The van der Waals surface area contributed by atoms with E-state index in [2.05, 4.69) is 6.92 Å². The highest BCUT2D eigenvalue weighted by molar-refractivity contribution is 7.89. The lowest BCUT2D eigenvalue weighted by molar-refractivity contribution is -0.934. The van der Waals surface area contributed by atoms with Gasteiger partial charge in [-0.05, 0) is 44.0 Å². The summed E-state index contributed by atoms with van der Waals surface area (Å²) in [6.45, 7) is 7.94. The van der Waals surface area contributed by atoms with E-state index in [9.17, 15) is 13.2 Å². The lowest BCUT2D eigenvalue weighted by Crippen LogP contribution is -3.17. The molecular formula is C20H31N2O4S+. The third kappa shape index (κ3) is 4.70. The zero-order valence-electron chi connectivity index (χ0n) is 16.3. The number of benzene rings is 1. The number of carbonyl (C=O) groups excluding carboxylic acids is 1. The van der Waals surface area contributed by atoms with Crippen LogP contribution in [0.5, 0.6) is 0 Å². The largest absolute Gasteiger partial charge is 0.462 e. The number of sulfonamides is 1. The first kappa shape index (κ1) is 20.3. The van der Waals surface area contributed by atoms with Crippen LogP contribution in [0.2, 0.25) is 0 Å². The quantitative estimate of drug-likeness (QED) is 0.764. The van der Waals surface area contributed by atoms with E-state index in [1.165, 1.54) is 50.2 Å². The lowest BCUT2D eigenvalue weighted by atomic mass is 9.96. The minimum absolute atomic E-state index is 0.243. The van der Waals surface area contributed by atoms with Gasteiger partial charge in [-0.25, -0.2) is 13.2 Å². The molecule has 2 fully saturated rings. The topological polar surface area (TPSA) is 68.1 Å². The SMILES string of the molecule is CCOC(=O)c1ccc(S(=O)(=O)N2CCC([NH+]3CCC[C@H](C)C3)CC2)cc1. The number of carbonyl (C=O) groups is 1. The van der Waals surface area contributed by atoms with E-state index >= 15 is 0 Å². The van der Waals surface area contributed by atoms with Gasteiger partial charge in [0.1, 0.15) is 0 Å². The van der Waals surface area contributed by atoms with E-state index in [1.54, 1.807) is 16.1 Å². The van der Waals surface area contributed by atoms with Gasteiger partial charge >= 0.3 is 5.97 Å². The van der Waals surface area contributed by atoms with Crippen LogP contribution in [0.25, 0.3) is 0 Å². The Hall–Kier alpha value is -1.44. The highest BCUT2D eigenvalue weighted by Crippen LogP contribution is 2.21. The van der Waals surface area contributed by atoms with Crippen LogP contribution >= 0.6 is 0 Å². The van der Waals surface area contributed by atoms with Gasteiger partial charge < -0.3 is 9.64 Å². The maximum Gasteiger partial charge on any atom is 0.338 e. The molecule has 3 rings (SSSR count). The second-order valence-electron chi connectivity index (χ2n) is 7.78. The maximum absolute atomic E-state index is 12.9. The molecule has 0 radical (unpaired) electrons. The fourth-order valence-electron chi connectivity index (χ4n) is 4.33. The van der Waals surface area contributed by atoms with E-state index in [0.29, 0.717) is 31.3 Å². The third-order valence-corrected chi connectivity index (χ3v) is 7.75. The molecule has 150 valence electrons. The molecule has 0 saturated carbocycles. The second-order valence-corrected chi connectivity index (χ2v) is 9.72. The molecule has 27 heavy (non-hydrogen) atoms. The molecule has 0 aromatic heterocycles. The van der Waals surface area contributed by atoms with Crippen molar-refractivity contribution in [3.8, 4) is 0 Å². The smallest absolute Gasteiger partial charge is 0.338 e. The van der Waals surface area contributed by atoms with Crippen LogP contribution in [0.1, 0.15) is 49.9 Å². The van der Waals surface area contributed by atoms with Crippen molar-refractivity contribution < 1.29 is 22.8 Å². The second kappa shape index (κ2) is 8.71. The van der Waals surface area contributed by atoms with Gasteiger partial charge in [0.25, 0.3) is 0 Å². The number of piperidine rings is 2. The number of rotatable bonds is 5. The van der Waals surface area contributed by atoms with Gasteiger partial charge in [0.15, 0.2) is 0 Å². The molecule has 2 saturated heterocycles. The molecule has 2 atom stereocenters. The lowest BCUT2D eigenvalue weighted by Gasteiger charge is -2.38. The predicted molar refractivity (Wildman–Crippen MR) is 103 cm³/mol. The first-order valence-electron chi connectivity index (χ1n) is 10.0. The van der Waals surface area contributed by atoms with Gasteiger partial charge in [0.05, 0.1) is 36.2 Å². The Bertz CT molecular complexity index is 740. The molecule has 0 amide bonds. The van der Waals surface area contributed by atoms with Gasteiger partial charge in [0.2, 0.25) is 10.0 Å². The third-order valence-electron chi connectivity index (χ3n) is 5.84. The Morgan fingerprint density at radius 2 is 1.85 bits per heavy atom. The summed E-state index contributed by atoms with van der Waals surface area (Å²) in [5.41, 5.74) is 0.373. The van der Waals surface area contributed by atoms with Gasteiger partial charge in [-0.2, -0.15) is 4.31 Å². The minimum Gasteiger partial charge on any atom is -0.462 e. The number of esters is 1. The van der Waals surface area contributed by atoms with E-state index < -0.39 is 16.0 Å². The molecular weight excluding hydrogens is 364 g/mol. The molecule has 1 aromatic carbocycles.